The molecule has 92 valence electrons. The quantitative estimate of drug-likeness (QED) is 0.605. The van der Waals surface area contributed by atoms with Gasteiger partial charge in [-0.1, -0.05) is 0 Å². The Kier molecular flexibility index (Phi) is 5.19. The lowest BCUT2D eigenvalue weighted by Crippen LogP contribution is -2.38. The third kappa shape index (κ3) is 4.92. The topological polar surface area (TPSA) is 90.2 Å². The lowest BCUT2D eigenvalue weighted by Gasteiger charge is -2.16. The zero-order valence-corrected chi connectivity index (χ0v) is 10.0. The first-order chi connectivity index (χ1) is 7.59. The predicted octanol–water partition coefficient (Wildman–Crippen LogP) is 0.371. The van der Waals surface area contributed by atoms with Gasteiger partial charge in [-0.25, -0.2) is 13.1 Å². The summed E-state index contributed by atoms with van der Waals surface area (Å²) >= 11 is 0. The number of unbranched alkanes of at least 4 members (excludes halogenated alkanes) is 1. The Morgan fingerprint density at radius 2 is 2.19 bits per heavy atom. The minimum Gasteiger partial charge on any atom is -0.396 e. The first-order valence-electron chi connectivity index (χ1n) is 5.57. The van der Waals surface area contributed by atoms with Crippen molar-refractivity contribution >= 4 is 10.0 Å². The number of sulfonamides is 1. The first kappa shape index (κ1) is 13.4. The van der Waals surface area contributed by atoms with E-state index in [-0.39, 0.29) is 24.8 Å². The molecule has 0 spiro atoms. The van der Waals surface area contributed by atoms with E-state index in [1.807, 2.05) is 6.07 Å². The number of nitrogens with zero attached hydrogens (tertiary/aromatic N) is 1. The second-order valence-electron chi connectivity index (χ2n) is 4.15. The van der Waals surface area contributed by atoms with Crippen molar-refractivity contribution in [3.8, 4) is 6.07 Å². The van der Waals surface area contributed by atoms with E-state index in [2.05, 4.69) is 4.72 Å². The molecule has 0 aromatic carbocycles. The van der Waals surface area contributed by atoms with Gasteiger partial charge in [0.15, 0.2) is 0 Å². The van der Waals surface area contributed by atoms with Crippen molar-refractivity contribution in [3.63, 3.8) is 0 Å². The molecular formula is C10H18N2O3S. The Bertz CT molecular complexity index is 344. The molecule has 0 amide bonds. The molecule has 1 aliphatic rings. The van der Waals surface area contributed by atoms with Gasteiger partial charge in [0.25, 0.3) is 0 Å². The van der Waals surface area contributed by atoms with Crippen molar-refractivity contribution in [2.75, 3.05) is 12.4 Å². The second-order valence-corrected chi connectivity index (χ2v) is 6.03. The number of aliphatic hydroxyl groups excluding tert-OH is 1. The van der Waals surface area contributed by atoms with Crippen molar-refractivity contribution in [3.05, 3.63) is 0 Å². The average molecular weight is 246 g/mol. The van der Waals surface area contributed by atoms with Crippen molar-refractivity contribution in [1.29, 1.82) is 5.26 Å². The molecule has 0 aromatic rings. The minimum atomic E-state index is -3.29. The maximum absolute atomic E-state index is 11.6. The second kappa shape index (κ2) is 6.18. The molecule has 1 unspecified atom stereocenters. The van der Waals surface area contributed by atoms with Gasteiger partial charge in [0.1, 0.15) is 0 Å². The van der Waals surface area contributed by atoms with E-state index in [9.17, 15) is 8.42 Å². The fraction of sp³-hybridized carbons (Fsp3) is 0.900. The van der Waals surface area contributed by atoms with Crippen LogP contribution < -0.4 is 4.72 Å². The van der Waals surface area contributed by atoms with Crippen LogP contribution in [0.4, 0.5) is 0 Å². The molecule has 0 aliphatic heterocycles. The van der Waals surface area contributed by atoms with Crippen molar-refractivity contribution in [2.24, 2.45) is 5.92 Å². The summed E-state index contributed by atoms with van der Waals surface area (Å²) in [7, 11) is -3.29. The highest BCUT2D eigenvalue weighted by Crippen LogP contribution is 2.34. The van der Waals surface area contributed by atoms with Crippen molar-refractivity contribution in [2.45, 2.75) is 38.1 Å². The van der Waals surface area contributed by atoms with Crippen LogP contribution in [0.3, 0.4) is 0 Å². The maximum atomic E-state index is 11.6. The van der Waals surface area contributed by atoms with Gasteiger partial charge in [-0.3, -0.25) is 0 Å². The number of hydrogen-bond acceptors (Lipinski definition) is 4. The molecule has 2 N–H and O–H groups in total. The van der Waals surface area contributed by atoms with E-state index in [0.29, 0.717) is 18.8 Å². The Morgan fingerprint density at radius 3 is 2.69 bits per heavy atom. The molecule has 1 rings (SSSR count). The van der Waals surface area contributed by atoms with Crippen LogP contribution in [0.5, 0.6) is 0 Å². The van der Waals surface area contributed by atoms with Crippen LogP contribution in [0.1, 0.15) is 32.1 Å². The van der Waals surface area contributed by atoms with Crippen LogP contribution in [-0.4, -0.2) is 31.9 Å². The van der Waals surface area contributed by atoms with Crippen LogP contribution >= 0.6 is 0 Å². The number of nitrogens with one attached hydrogen (secondary N) is 1. The monoisotopic (exact) mass is 246 g/mol. The summed E-state index contributed by atoms with van der Waals surface area (Å²) in [5, 5.41) is 17.2. The Labute approximate surface area is 96.5 Å². The van der Waals surface area contributed by atoms with Crippen LogP contribution in [0, 0.1) is 17.2 Å². The van der Waals surface area contributed by atoms with Crippen LogP contribution in [0.2, 0.25) is 0 Å². The molecule has 1 atom stereocenters. The molecular weight excluding hydrogens is 228 g/mol. The van der Waals surface area contributed by atoms with Gasteiger partial charge < -0.3 is 5.11 Å². The average Bonchev–Trinajstić information content (AvgIpc) is 3.00. The highest BCUT2D eigenvalue weighted by molar-refractivity contribution is 7.89. The number of hydrogen-bond donors (Lipinski definition) is 2. The third-order valence-electron chi connectivity index (χ3n) is 2.66. The summed E-state index contributed by atoms with van der Waals surface area (Å²) in [6.45, 7) is 0.00187. The standard InChI is InChI=1S/C10H18N2O3S/c11-6-1-2-8-16(14,15)12-10(5-7-13)9-3-4-9/h9-10,12-13H,1-5,7-8H2. The zero-order chi connectivity index (χ0) is 12.0. The summed E-state index contributed by atoms with van der Waals surface area (Å²) in [4.78, 5) is 0. The van der Waals surface area contributed by atoms with Gasteiger partial charge in [0, 0.05) is 19.1 Å². The lowest BCUT2D eigenvalue weighted by molar-refractivity contribution is 0.265. The molecule has 1 fully saturated rings. The van der Waals surface area contributed by atoms with Gasteiger partial charge in [0.05, 0.1) is 11.8 Å². The van der Waals surface area contributed by atoms with Crippen molar-refractivity contribution in [1.82, 2.24) is 4.72 Å². The van der Waals surface area contributed by atoms with Gasteiger partial charge in [-0.05, 0) is 31.6 Å². The molecule has 0 heterocycles. The summed E-state index contributed by atoms with van der Waals surface area (Å²) in [6, 6.07) is 1.79. The van der Waals surface area contributed by atoms with E-state index in [1.54, 1.807) is 0 Å². The van der Waals surface area contributed by atoms with E-state index in [1.165, 1.54) is 0 Å². The Morgan fingerprint density at radius 1 is 1.50 bits per heavy atom. The van der Waals surface area contributed by atoms with E-state index in [0.717, 1.165) is 12.8 Å². The summed E-state index contributed by atoms with van der Waals surface area (Å²) in [5.41, 5.74) is 0. The smallest absolute Gasteiger partial charge is 0.211 e. The summed E-state index contributed by atoms with van der Waals surface area (Å²) in [5.74, 6) is 0.382. The molecule has 0 saturated heterocycles. The molecule has 0 bridgehead atoms. The molecule has 16 heavy (non-hydrogen) atoms. The predicted molar refractivity (Wildman–Crippen MR) is 60.0 cm³/mol. The van der Waals surface area contributed by atoms with Gasteiger partial charge in [-0.15, -0.1) is 0 Å². The molecule has 0 radical (unpaired) electrons. The van der Waals surface area contributed by atoms with Crippen molar-refractivity contribution < 1.29 is 13.5 Å². The SMILES string of the molecule is N#CCCCS(=O)(=O)NC(CCO)C1CC1. The maximum Gasteiger partial charge on any atom is 0.211 e. The Hall–Kier alpha value is -0.640. The number of rotatable bonds is 8. The normalized spacial score (nSPS) is 18.0. The Balaban J connectivity index is 2.39. The fourth-order valence-corrected chi connectivity index (χ4v) is 3.07. The first-order valence-corrected chi connectivity index (χ1v) is 7.22. The van der Waals surface area contributed by atoms with E-state index in [4.69, 9.17) is 10.4 Å². The molecule has 6 heteroatoms. The highest BCUT2D eigenvalue weighted by atomic mass is 32.2. The van der Waals surface area contributed by atoms with E-state index >= 15 is 0 Å². The number of aliphatic hydroxyl groups is 1. The number of nitriles is 1. The fourth-order valence-electron chi connectivity index (χ4n) is 1.66. The molecule has 1 aliphatic carbocycles. The van der Waals surface area contributed by atoms with Crippen LogP contribution in [0.25, 0.3) is 0 Å². The molecule has 1 saturated carbocycles. The van der Waals surface area contributed by atoms with Gasteiger partial charge in [-0.2, -0.15) is 5.26 Å². The summed E-state index contributed by atoms with van der Waals surface area (Å²) < 4.78 is 25.9. The minimum absolute atomic E-state index is 0.00187. The van der Waals surface area contributed by atoms with Crippen LogP contribution in [-0.2, 0) is 10.0 Å². The van der Waals surface area contributed by atoms with Gasteiger partial charge >= 0.3 is 0 Å². The largest absolute Gasteiger partial charge is 0.396 e. The lowest BCUT2D eigenvalue weighted by atomic mass is 10.1. The molecule has 5 nitrogen and oxygen atoms in total. The summed E-state index contributed by atoms with van der Waals surface area (Å²) in [6.07, 6.45) is 3.16. The van der Waals surface area contributed by atoms with Gasteiger partial charge in [0.2, 0.25) is 10.0 Å². The molecule has 0 aromatic heterocycles. The van der Waals surface area contributed by atoms with Crippen LogP contribution in [0.15, 0.2) is 0 Å². The van der Waals surface area contributed by atoms with E-state index < -0.39 is 10.0 Å². The third-order valence-corrected chi connectivity index (χ3v) is 4.15. The zero-order valence-electron chi connectivity index (χ0n) is 9.22. The highest BCUT2D eigenvalue weighted by Gasteiger charge is 2.33.